The molecule has 0 saturated heterocycles. The van der Waals surface area contributed by atoms with E-state index in [4.69, 9.17) is 37.0 Å². The van der Waals surface area contributed by atoms with Crippen LogP contribution in [0.15, 0.2) is 0 Å². The molecular formula is C22H66O9Si10. The lowest BCUT2D eigenvalue weighted by atomic mass is 11.8. The van der Waals surface area contributed by atoms with Gasteiger partial charge in [0.1, 0.15) is 0 Å². The van der Waals surface area contributed by atoms with Crippen LogP contribution in [0.5, 0.6) is 0 Å². The number of rotatable bonds is 18. The van der Waals surface area contributed by atoms with E-state index in [0.29, 0.717) is 0 Å². The SMILES string of the molecule is C[Si](C)(C)O[Si](C)(C)O[Si](C)(C)O[Si](C)(C)O[Si](C)(C)O[Si](C)(C)O[Si](C)(C)O[Si](C)(C)O[Si](C)(C)O[Si](C)(C)C. The van der Waals surface area contributed by atoms with Gasteiger partial charge in [-0.1, -0.05) is 0 Å². The molecule has 0 fully saturated rings. The van der Waals surface area contributed by atoms with Crippen molar-refractivity contribution in [2.75, 3.05) is 0 Å². The van der Waals surface area contributed by atoms with Crippen molar-refractivity contribution in [3.05, 3.63) is 0 Å². The summed E-state index contributed by atoms with van der Waals surface area (Å²) in [6.07, 6.45) is 0. The second-order valence-electron chi connectivity index (χ2n) is 16.3. The first-order valence-electron chi connectivity index (χ1n) is 14.7. The average Bonchev–Trinajstić information content (AvgIpc) is 2.37. The molecule has 248 valence electrons. The van der Waals surface area contributed by atoms with Gasteiger partial charge in [-0.05, 0) is 144 Å². The summed E-state index contributed by atoms with van der Waals surface area (Å²) in [6, 6.07) is 0. The van der Waals surface area contributed by atoms with E-state index in [1.807, 2.05) is 0 Å². The molecule has 0 radical (unpaired) electrons. The summed E-state index contributed by atoms with van der Waals surface area (Å²) in [4.78, 5) is 0. The molecule has 0 aliphatic heterocycles. The fourth-order valence-corrected chi connectivity index (χ4v) is 55.1. The summed E-state index contributed by atoms with van der Waals surface area (Å²) in [5.41, 5.74) is 0. The van der Waals surface area contributed by atoms with Crippen molar-refractivity contribution in [2.24, 2.45) is 0 Å². The molecule has 0 aromatic heterocycles. The highest BCUT2D eigenvalue weighted by Gasteiger charge is 2.50. The first-order valence-corrected chi connectivity index (χ1v) is 44.0. The Morgan fingerprint density at radius 3 is 0.366 bits per heavy atom. The van der Waals surface area contributed by atoms with Gasteiger partial charge < -0.3 is 37.0 Å². The fourth-order valence-electron chi connectivity index (χ4n) is 5.78. The molecule has 0 aromatic carbocycles. The smallest absolute Gasteiger partial charge is 0.314 e. The van der Waals surface area contributed by atoms with Gasteiger partial charge in [-0.15, -0.1) is 0 Å². The minimum absolute atomic E-state index is 1.73. The van der Waals surface area contributed by atoms with Gasteiger partial charge in [0, 0.05) is 0 Å². The molecule has 0 aliphatic rings. The molecular weight excluding hydrogens is 689 g/mol. The summed E-state index contributed by atoms with van der Waals surface area (Å²) in [6.45, 7) is 46.5. The summed E-state index contributed by atoms with van der Waals surface area (Å²) in [5.74, 6) is 0. The molecule has 0 atom stereocenters. The van der Waals surface area contributed by atoms with Crippen LogP contribution in [0, 0.1) is 0 Å². The summed E-state index contributed by atoms with van der Waals surface area (Å²) in [5, 5.41) is 0. The highest BCUT2D eigenvalue weighted by atomic mass is 28.5. The van der Waals surface area contributed by atoms with Crippen molar-refractivity contribution in [3.8, 4) is 0 Å². The van der Waals surface area contributed by atoms with E-state index >= 15 is 0 Å². The maximum atomic E-state index is 6.73. The minimum atomic E-state index is -2.63. The minimum Gasteiger partial charge on any atom is -0.437 e. The highest BCUT2D eigenvalue weighted by molar-refractivity contribution is 6.93. The van der Waals surface area contributed by atoms with Gasteiger partial charge in [0.2, 0.25) is 0 Å². The number of hydrogen-bond acceptors (Lipinski definition) is 9. The Bertz CT molecular complexity index is 784. The molecule has 0 spiro atoms. The van der Waals surface area contributed by atoms with Crippen LogP contribution in [0.2, 0.25) is 144 Å². The predicted octanol–water partition coefficient (Wildman–Crippen LogP) is 8.42. The van der Waals surface area contributed by atoms with E-state index in [2.05, 4.69) is 144 Å². The van der Waals surface area contributed by atoms with Crippen LogP contribution < -0.4 is 0 Å². The molecule has 0 unspecified atom stereocenters. The Morgan fingerprint density at radius 2 is 0.268 bits per heavy atom. The van der Waals surface area contributed by atoms with E-state index in [-0.39, 0.29) is 0 Å². The zero-order valence-electron chi connectivity index (χ0n) is 30.7. The Kier molecular flexibility index (Phi) is 14.5. The Hall–Kier alpha value is 1.81. The second kappa shape index (κ2) is 13.9. The largest absolute Gasteiger partial charge is 0.437 e. The van der Waals surface area contributed by atoms with E-state index in [1.165, 1.54) is 0 Å². The summed E-state index contributed by atoms with van der Waals surface area (Å²) in [7, 11) is -23.6. The van der Waals surface area contributed by atoms with Crippen LogP contribution in [0.4, 0.5) is 0 Å². The third kappa shape index (κ3) is 21.3. The van der Waals surface area contributed by atoms with Crippen molar-refractivity contribution in [3.63, 3.8) is 0 Å². The molecule has 19 heteroatoms. The molecule has 0 aromatic rings. The summed E-state index contributed by atoms with van der Waals surface area (Å²) < 4.78 is 59.5. The monoisotopic (exact) mass is 754 g/mol. The van der Waals surface area contributed by atoms with E-state index < -0.39 is 85.1 Å². The van der Waals surface area contributed by atoms with Gasteiger partial charge in [-0.25, -0.2) is 0 Å². The highest BCUT2D eigenvalue weighted by Crippen LogP contribution is 2.30. The molecule has 0 heterocycles. The van der Waals surface area contributed by atoms with Crippen LogP contribution in [0.3, 0.4) is 0 Å². The lowest BCUT2D eigenvalue weighted by molar-refractivity contribution is 0.257. The molecule has 0 bridgehead atoms. The maximum absolute atomic E-state index is 6.73. The maximum Gasteiger partial charge on any atom is 0.314 e. The van der Waals surface area contributed by atoms with Crippen LogP contribution in [-0.2, 0) is 37.0 Å². The Labute approximate surface area is 264 Å². The van der Waals surface area contributed by atoms with E-state index in [9.17, 15) is 0 Å². The van der Waals surface area contributed by atoms with Crippen LogP contribution in [0.1, 0.15) is 0 Å². The Balaban J connectivity index is 5.43. The van der Waals surface area contributed by atoms with E-state index in [1.54, 1.807) is 0 Å². The van der Waals surface area contributed by atoms with Crippen LogP contribution in [0.25, 0.3) is 0 Å². The third-order valence-corrected chi connectivity index (χ3v) is 40.9. The van der Waals surface area contributed by atoms with Crippen LogP contribution >= 0.6 is 0 Å². The van der Waals surface area contributed by atoms with Gasteiger partial charge in [0.15, 0.2) is 16.6 Å². The van der Waals surface area contributed by atoms with Gasteiger partial charge in [-0.3, -0.25) is 0 Å². The van der Waals surface area contributed by atoms with Crippen molar-refractivity contribution < 1.29 is 37.0 Å². The van der Waals surface area contributed by atoms with Crippen molar-refractivity contribution in [1.82, 2.24) is 0 Å². The quantitative estimate of drug-likeness (QED) is 0.128. The topological polar surface area (TPSA) is 83.1 Å². The lowest BCUT2D eigenvalue weighted by Crippen LogP contribution is -2.62. The molecule has 9 nitrogen and oxygen atoms in total. The molecule has 0 N–H and O–H groups in total. The second-order valence-corrected chi connectivity index (χ2v) is 54.5. The fraction of sp³-hybridized carbons (Fsp3) is 1.00. The lowest BCUT2D eigenvalue weighted by Gasteiger charge is -2.44. The molecule has 0 aliphatic carbocycles. The zero-order chi connectivity index (χ0) is 33.4. The van der Waals surface area contributed by atoms with Gasteiger partial charge in [0.05, 0.1) is 0 Å². The van der Waals surface area contributed by atoms with Gasteiger partial charge >= 0.3 is 68.5 Å². The standard InChI is InChI=1S/C22H66O9Si10/c1-32(2,3)23-34(7,8)25-36(11,12)27-38(15,16)29-40(19,20)31-41(21,22)30-39(17,18)28-37(13,14)26-35(9,10)24-33(4,5)6/h1-22H3. The molecule has 0 saturated carbocycles. The number of hydrogen-bond donors (Lipinski definition) is 0. The van der Waals surface area contributed by atoms with Gasteiger partial charge in [0.25, 0.3) is 0 Å². The van der Waals surface area contributed by atoms with Gasteiger partial charge in [-0.2, -0.15) is 0 Å². The van der Waals surface area contributed by atoms with Crippen molar-refractivity contribution >= 4 is 85.1 Å². The normalized spacial score (nSPS) is 16.0. The molecule has 0 rings (SSSR count). The molecule has 41 heavy (non-hydrogen) atoms. The summed E-state index contributed by atoms with van der Waals surface area (Å²) >= 11 is 0. The van der Waals surface area contributed by atoms with E-state index in [0.717, 1.165) is 0 Å². The van der Waals surface area contributed by atoms with Crippen molar-refractivity contribution in [2.45, 2.75) is 144 Å². The molecule has 0 amide bonds. The predicted molar refractivity (Wildman–Crippen MR) is 196 cm³/mol. The Morgan fingerprint density at radius 1 is 0.171 bits per heavy atom. The zero-order valence-corrected chi connectivity index (χ0v) is 40.7. The third-order valence-electron chi connectivity index (χ3n) is 4.55. The van der Waals surface area contributed by atoms with Crippen molar-refractivity contribution in [1.29, 1.82) is 0 Å². The first kappa shape index (κ1) is 42.8. The first-order chi connectivity index (χ1) is 17.4. The average molecular weight is 756 g/mol. The van der Waals surface area contributed by atoms with Crippen LogP contribution in [-0.4, -0.2) is 85.1 Å².